The Hall–Kier alpha value is -0.130. The number of hydrogen-bond donors (Lipinski definition) is 1. The van der Waals surface area contributed by atoms with Gasteiger partial charge >= 0.3 is 0 Å². The predicted octanol–water partition coefficient (Wildman–Crippen LogP) is 1.07. The average molecular weight is 249 g/mol. The van der Waals surface area contributed by atoms with Gasteiger partial charge < -0.3 is 5.11 Å². The summed E-state index contributed by atoms with van der Waals surface area (Å²) in [6.07, 6.45) is 1.56. The SMILES string of the molecule is CC(C)(C)CS(=O)(=O)N1CCC(CO)CC1. The molecule has 0 amide bonds. The lowest BCUT2D eigenvalue weighted by molar-refractivity contribution is 0.169. The Morgan fingerprint density at radius 3 is 2.12 bits per heavy atom. The molecule has 0 aliphatic carbocycles. The maximum Gasteiger partial charge on any atom is 0.214 e. The lowest BCUT2D eigenvalue weighted by Gasteiger charge is -2.32. The first-order chi connectivity index (χ1) is 7.24. The van der Waals surface area contributed by atoms with Crippen molar-refractivity contribution in [2.24, 2.45) is 11.3 Å². The van der Waals surface area contributed by atoms with Crippen molar-refractivity contribution in [3.05, 3.63) is 0 Å². The van der Waals surface area contributed by atoms with Crippen molar-refractivity contribution in [2.75, 3.05) is 25.4 Å². The van der Waals surface area contributed by atoms with Gasteiger partial charge in [0.05, 0.1) is 5.75 Å². The molecule has 0 aromatic carbocycles. The fourth-order valence-electron chi connectivity index (χ4n) is 2.01. The topological polar surface area (TPSA) is 57.6 Å². The highest BCUT2D eigenvalue weighted by atomic mass is 32.2. The molecule has 0 unspecified atom stereocenters. The summed E-state index contributed by atoms with van der Waals surface area (Å²) in [4.78, 5) is 0. The van der Waals surface area contributed by atoms with Crippen LogP contribution in [0.3, 0.4) is 0 Å². The van der Waals surface area contributed by atoms with E-state index in [0.29, 0.717) is 13.1 Å². The monoisotopic (exact) mass is 249 g/mol. The molecule has 16 heavy (non-hydrogen) atoms. The third kappa shape index (κ3) is 4.03. The highest BCUT2D eigenvalue weighted by Gasteiger charge is 2.30. The Morgan fingerprint density at radius 2 is 1.75 bits per heavy atom. The van der Waals surface area contributed by atoms with E-state index in [-0.39, 0.29) is 23.7 Å². The first kappa shape index (κ1) is 13.9. The lowest BCUT2D eigenvalue weighted by atomic mass is 10.00. The summed E-state index contributed by atoms with van der Waals surface area (Å²) in [5.74, 6) is 0.477. The lowest BCUT2D eigenvalue weighted by Crippen LogP contribution is -2.42. The third-order valence-electron chi connectivity index (χ3n) is 2.84. The molecule has 1 N–H and O–H groups in total. The summed E-state index contributed by atoms with van der Waals surface area (Å²) in [7, 11) is -3.12. The molecule has 5 heteroatoms. The Kier molecular flexibility index (Phi) is 4.37. The number of piperidine rings is 1. The Balaban J connectivity index is 2.59. The van der Waals surface area contributed by atoms with Crippen molar-refractivity contribution in [3.8, 4) is 0 Å². The van der Waals surface area contributed by atoms with E-state index < -0.39 is 10.0 Å². The second kappa shape index (κ2) is 5.02. The van der Waals surface area contributed by atoms with Crippen molar-refractivity contribution in [3.63, 3.8) is 0 Å². The van der Waals surface area contributed by atoms with Gasteiger partial charge in [0, 0.05) is 19.7 Å². The minimum absolute atomic E-state index is 0.174. The number of nitrogens with zero attached hydrogens (tertiary/aromatic N) is 1. The second-order valence-electron chi connectivity index (χ2n) is 5.84. The van der Waals surface area contributed by atoms with Crippen molar-refractivity contribution < 1.29 is 13.5 Å². The molecule has 1 rings (SSSR count). The fourth-order valence-corrected chi connectivity index (χ4v) is 4.05. The van der Waals surface area contributed by atoms with E-state index >= 15 is 0 Å². The number of rotatable bonds is 3. The highest BCUT2D eigenvalue weighted by Crippen LogP contribution is 2.23. The van der Waals surface area contributed by atoms with Gasteiger partial charge in [-0.2, -0.15) is 0 Å². The van der Waals surface area contributed by atoms with E-state index in [0.717, 1.165) is 12.8 Å². The normalized spacial score (nSPS) is 21.2. The van der Waals surface area contributed by atoms with Gasteiger partial charge in [-0.1, -0.05) is 20.8 Å². The van der Waals surface area contributed by atoms with Crippen LogP contribution in [0.15, 0.2) is 0 Å². The molecule has 1 aliphatic heterocycles. The molecule has 0 bridgehead atoms. The van der Waals surface area contributed by atoms with E-state index in [4.69, 9.17) is 5.11 Å². The standard InChI is InChI=1S/C11H23NO3S/c1-11(2,3)9-16(14,15)12-6-4-10(8-13)5-7-12/h10,13H,4-9H2,1-3H3. The molecule has 96 valence electrons. The predicted molar refractivity (Wildman–Crippen MR) is 64.6 cm³/mol. The minimum Gasteiger partial charge on any atom is -0.396 e. The number of sulfonamides is 1. The molecular weight excluding hydrogens is 226 g/mol. The van der Waals surface area contributed by atoms with Gasteiger partial charge in [0.2, 0.25) is 10.0 Å². The number of hydrogen-bond acceptors (Lipinski definition) is 3. The van der Waals surface area contributed by atoms with Gasteiger partial charge in [-0.25, -0.2) is 12.7 Å². The summed E-state index contributed by atoms with van der Waals surface area (Å²) >= 11 is 0. The summed E-state index contributed by atoms with van der Waals surface area (Å²) in [6, 6.07) is 0. The largest absolute Gasteiger partial charge is 0.396 e. The van der Waals surface area contributed by atoms with Gasteiger partial charge in [0.1, 0.15) is 0 Å². The fraction of sp³-hybridized carbons (Fsp3) is 1.00. The third-order valence-corrected chi connectivity index (χ3v) is 5.22. The van der Waals surface area contributed by atoms with E-state index in [9.17, 15) is 8.42 Å². The molecular formula is C11H23NO3S. The molecule has 1 saturated heterocycles. The summed E-state index contributed by atoms with van der Waals surface area (Å²) < 4.78 is 25.7. The first-order valence-electron chi connectivity index (χ1n) is 5.83. The molecule has 0 aromatic heterocycles. The zero-order chi connectivity index (χ0) is 12.4. The maximum absolute atomic E-state index is 12.1. The van der Waals surface area contributed by atoms with Crippen LogP contribution in [-0.4, -0.2) is 43.3 Å². The molecule has 1 fully saturated rings. The van der Waals surface area contributed by atoms with Gasteiger partial charge in [-0.3, -0.25) is 0 Å². The summed E-state index contributed by atoms with van der Waals surface area (Å²) in [5.41, 5.74) is -0.202. The van der Waals surface area contributed by atoms with Crippen LogP contribution in [0.1, 0.15) is 33.6 Å². The van der Waals surface area contributed by atoms with Crippen molar-refractivity contribution in [1.82, 2.24) is 4.31 Å². The molecule has 0 saturated carbocycles. The maximum atomic E-state index is 12.1. The van der Waals surface area contributed by atoms with Crippen LogP contribution in [0, 0.1) is 11.3 Å². The van der Waals surface area contributed by atoms with Gasteiger partial charge in [-0.05, 0) is 24.2 Å². The molecule has 0 atom stereocenters. The van der Waals surface area contributed by atoms with Gasteiger partial charge in [-0.15, -0.1) is 0 Å². The average Bonchev–Trinajstić information content (AvgIpc) is 2.14. The Bertz CT molecular complexity index is 311. The Morgan fingerprint density at radius 1 is 1.25 bits per heavy atom. The minimum atomic E-state index is -3.12. The van der Waals surface area contributed by atoms with Crippen LogP contribution in [0.4, 0.5) is 0 Å². The van der Waals surface area contributed by atoms with Crippen LogP contribution >= 0.6 is 0 Å². The highest BCUT2D eigenvalue weighted by molar-refractivity contribution is 7.89. The quantitative estimate of drug-likeness (QED) is 0.814. The summed E-state index contributed by atoms with van der Waals surface area (Å²) in [6.45, 7) is 7.10. The van der Waals surface area contributed by atoms with Gasteiger partial charge in [0.15, 0.2) is 0 Å². The molecule has 1 heterocycles. The van der Waals surface area contributed by atoms with Crippen LogP contribution in [0.2, 0.25) is 0 Å². The Labute approximate surface area is 98.7 Å². The van der Waals surface area contributed by atoms with E-state index in [1.165, 1.54) is 0 Å². The smallest absolute Gasteiger partial charge is 0.214 e. The zero-order valence-electron chi connectivity index (χ0n) is 10.4. The summed E-state index contributed by atoms with van der Waals surface area (Å²) in [5, 5.41) is 9.00. The molecule has 0 radical (unpaired) electrons. The van der Waals surface area contributed by atoms with Crippen LogP contribution in [0.5, 0.6) is 0 Å². The van der Waals surface area contributed by atoms with E-state index in [1.807, 2.05) is 20.8 Å². The molecule has 0 spiro atoms. The number of aliphatic hydroxyl groups excluding tert-OH is 1. The first-order valence-corrected chi connectivity index (χ1v) is 7.44. The second-order valence-corrected chi connectivity index (χ2v) is 7.81. The van der Waals surface area contributed by atoms with Gasteiger partial charge in [0.25, 0.3) is 0 Å². The van der Waals surface area contributed by atoms with Crippen molar-refractivity contribution in [2.45, 2.75) is 33.6 Å². The van der Waals surface area contributed by atoms with Crippen molar-refractivity contribution >= 4 is 10.0 Å². The molecule has 0 aromatic rings. The van der Waals surface area contributed by atoms with Crippen LogP contribution in [-0.2, 0) is 10.0 Å². The zero-order valence-corrected chi connectivity index (χ0v) is 11.3. The number of aliphatic hydroxyl groups is 1. The van der Waals surface area contributed by atoms with Crippen molar-refractivity contribution in [1.29, 1.82) is 0 Å². The molecule has 4 nitrogen and oxygen atoms in total. The van der Waals surface area contributed by atoms with Crippen LogP contribution in [0.25, 0.3) is 0 Å². The molecule has 1 aliphatic rings. The van der Waals surface area contributed by atoms with Crippen LogP contribution < -0.4 is 0 Å². The van der Waals surface area contributed by atoms with E-state index in [1.54, 1.807) is 4.31 Å². The van der Waals surface area contributed by atoms with E-state index in [2.05, 4.69) is 0 Å².